The normalized spacial score (nSPS) is 11.7. The average Bonchev–Trinajstić information content (AvgIpc) is 2.92. The highest BCUT2D eigenvalue weighted by atomic mass is 19.3. The Morgan fingerprint density at radius 2 is 1.35 bits per heavy atom. The van der Waals surface area contributed by atoms with Crippen molar-refractivity contribution in [2.24, 2.45) is 0 Å². The van der Waals surface area contributed by atoms with Gasteiger partial charge in [0, 0.05) is 23.9 Å². The second-order valence-electron chi connectivity index (χ2n) is 8.17. The van der Waals surface area contributed by atoms with Gasteiger partial charge in [-0.3, -0.25) is 0 Å². The minimum Gasteiger partial charge on any atom is -0.462 e. The molecule has 210 valence electrons. The lowest BCUT2D eigenvalue weighted by atomic mass is 10.2. The van der Waals surface area contributed by atoms with E-state index in [1.54, 1.807) is 12.1 Å². The van der Waals surface area contributed by atoms with Gasteiger partial charge in [0.1, 0.15) is 11.5 Å². The maximum absolute atomic E-state index is 13.0. The first-order valence-electron chi connectivity index (χ1n) is 11.8. The average molecular weight is 559 g/mol. The quantitative estimate of drug-likeness (QED) is 0.105. The Balaban J connectivity index is 1.38. The van der Waals surface area contributed by atoms with E-state index >= 15 is 0 Å². The molecule has 3 aromatic rings. The van der Waals surface area contributed by atoms with E-state index in [1.165, 1.54) is 66.7 Å². The Morgan fingerprint density at radius 1 is 0.750 bits per heavy atom. The van der Waals surface area contributed by atoms with Crippen molar-refractivity contribution in [3.05, 3.63) is 89.5 Å². The summed E-state index contributed by atoms with van der Waals surface area (Å²) in [5.41, 5.74) is 12.9. The molecule has 0 aromatic heterocycles. The van der Waals surface area contributed by atoms with Crippen LogP contribution in [0.15, 0.2) is 72.8 Å². The van der Waals surface area contributed by atoms with Gasteiger partial charge < -0.3 is 30.4 Å². The molecule has 3 aromatic carbocycles. The summed E-state index contributed by atoms with van der Waals surface area (Å²) in [7, 11) is 0. The van der Waals surface area contributed by atoms with Crippen LogP contribution in [0.2, 0.25) is 0 Å². The van der Waals surface area contributed by atoms with E-state index in [4.69, 9.17) is 25.7 Å². The van der Waals surface area contributed by atoms with Gasteiger partial charge in [0.2, 0.25) is 0 Å². The van der Waals surface area contributed by atoms with Crippen LogP contribution in [-0.4, -0.2) is 43.9 Å². The Hall–Kier alpha value is -5.00. The summed E-state index contributed by atoms with van der Waals surface area (Å²) in [6.07, 6.45) is -3.08. The Kier molecular flexibility index (Phi) is 10.5. The maximum Gasteiger partial charge on any atom is 0.343 e. The van der Waals surface area contributed by atoms with Crippen LogP contribution >= 0.6 is 0 Å². The maximum atomic E-state index is 13.0. The van der Waals surface area contributed by atoms with Crippen LogP contribution in [0.3, 0.4) is 0 Å². The number of nitrogen functional groups attached to an aromatic ring is 2. The third kappa shape index (κ3) is 9.39. The molecule has 0 spiro atoms. The number of carbonyl (C=O) groups is 3. The molecule has 0 radical (unpaired) electrons. The molecule has 1 unspecified atom stereocenters. The van der Waals surface area contributed by atoms with Crippen molar-refractivity contribution < 1.29 is 46.5 Å². The van der Waals surface area contributed by atoms with Crippen molar-refractivity contribution in [1.29, 1.82) is 0 Å². The van der Waals surface area contributed by atoms with Crippen molar-refractivity contribution in [1.82, 2.24) is 0 Å². The summed E-state index contributed by atoms with van der Waals surface area (Å²) in [6.45, 7) is 0.0531. The van der Waals surface area contributed by atoms with E-state index in [1.807, 2.05) is 0 Å². The predicted molar refractivity (Wildman–Crippen MR) is 140 cm³/mol. The molecule has 0 heterocycles. The summed E-state index contributed by atoms with van der Waals surface area (Å²) >= 11 is 0. The van der Waals surface area contributed by atoms with Crippen LogP contribution in [-0.2, 0) is 14.3 Å². The molecular weight excluding hydrogens is 533 g/mol. The molecule has 0 saturated heterocycles. The first-order valence-corrected chi connectivity index (χ1v) is 11.8. The van der Waals surface area contributed by atoms with Gasteiger partial charge in [-0.25, -0.2) is 23.2 Å². The number of rotatable bonds is 12. The minimum atomic E-state index is -3.29. The lowest BCUT2D eigenvalue weighted by molar-refractivity contribution is -0.137. The highest BCUT2D eigenvalue weighted by Gasteiger charge is 2.21. The molecule has 0 bridgehead atoms. The number of benzene rings is 3. The van der Waals surface area contributed by atoms with Crippen LogP contribution in [0.5, 0.6) is 11.5 Å². The zero-order chi connectivity index (χ0) is 29.1. The lowest BCUT2D eigenvalue weighted by Crippen LogP contribution is -2.19. The molecule has 0 fully saturated rings. The monoisotopic (exact) mass is 558 g/mol. The zero-order valence-electron chi connectivity index (χ0n) is 20.9. The molecule has 0 saturated carbocycles. The van der Waals surface area contributed by atoms with E-state index in [0.717, 1.165) is 0 Å². The number of anilines is 2. The van der Waals surface area contributed by atoms with Crippen LogP contribution < -0.4 is 20.9 Å². The number of alkyl halides is 3. The van der Waals surface area contributed by atoms with Crippen molar-refractivity contribution >= 4 is 35.4 Å². The number of carbonyl (C=O) groups excluding carboxylic acids is 3. The fourth-order valence-corrected chi connectivity index (χ4v) is 3.15. The van der Waals surface area contributed by atoms with Gasteiger partial charge in [0.15, 0.2) is 0 Å². The molecule has 1 atom stereocenters. The molecule has 0 aliphatic carbocycles. The van der Waals surface area contributed by atoms with Crippen molar-refractivity contribution in [2.75, 3.05) is 24.7 Å². The number of hydrogen-bond acceptors (Lipinski definition) is 9. The van der Waals surface area contributed by atoms with Gasteiger partial charge >= 0.3 is 24.3 Å². The number of nitrogens with two attached hydrogens (primary N) is 2. The molecule has 0 aliphatic heterocycles. The molecule has 3 rings (SSSR count). The van der Waals surface area contributed by atoms with Gasteiger partial charge in [-0.15, -0.1) is 0 Å². The highest BCUT2D eigenvalue weighted by Crippen LogP contribution is 2.20. The number of hydrogen-bond donors (Lipinski definition) is 2. The largest absolute Gasteiger partial charge is 0.462 e. The zero-order valence-corrected chi connectivity index (χ0v) is 20.9. The molecule has 40 heavy (non-hydrogen) atoms. The summed E-state index contributed by atoms with van der Waals surface area (Å²) in [4.78, 5) is 36.2. The topological polar surface area (TPSA) is 140 Å². The Morgan fingerprint density at radius 3 is 1.98 bits per heavy atom. The first-order chi connectivity index (χ1) is 19.1. The predicted octanol–water partition coefficient (Wildman–Crippen LogP) is 4.81. The fraction of sp³-hybridized carbons (Fsp3) is 0.179. The fourth-order valence-electron chi connectivity index (χ4n) is 3.15. The van der Waals surface area contributed by atoms with Crippen LogP contribution in [0, 0.1) is 0 Å². The Bertz CT molecular complexity index is 1330. The van der Waals surface area contributed by atoms with E-state index in [9.17, 15) is 27.6 Å². The SMILES string of the molecule is Nc1cc(N)cc(C(=O)OCCCOC(=O)/C=C/c2ccc(OC(=O)c3ccc(OC(F)C(F)F)cc3)cc2)c1. The van der Waals surface area contributed by atoms with E-state index in [-0.39, 0.29) is 42.3 Å². The number of esters is 3. The molecule has 0 aliphatic rings. The minimum absolute atomic E-state index is 0.0259. The molecular formula is C28H25F3N2O7. The molecule has 0 amide bonds. The van der Waals surface area contributed by atoms with Crippen LogP contribution in [0.4, 0.5) is 24.5 Å². The second kappa shape index (κ2) is 14.2. The van der Waals surface area contributed by atoms with Gasteiger partial charge in [0.05, 0.1) is 24.3 Å². The Labute approximate surface area is 227 Å². The van der Waals surface area contributed by atoms with E-state index in [2.05, 4.69) is 4.74 Å². The summed E-state index contributed by atoms with van der Waals surface area (Å²) < 4.78 is 57.2. The second-order valence-corrected chi connectivity index (χ2v) is 8.17. The smallest absolute Gasteiger partial charge is 0.343 e. The number of halogens is 3. The third-order valence-electron chi connectivity index (χ3n) is 5.02. The molecule has 9 nitrogen and oxygen atoms in total. The van der Waals surface area contributed by atoms with Crippen molar-refractivity contribution in [3.63, 3.8) is 0 Å². The summed E-state index contributed by atoms with van der Waals surface area (Å²) in [6, 6.07) is 15.4. The van der Waals surface area contributed by atoms with Gasteiger partial charge in [-0.1, -0.05) is 12.1 Å². The van der Waals surface area contributed by atoms with Gasteiger partial charge in [0.25, 0.3) is 6.36 Å². The van der Waals surface area contributed by atoms with Crippen molar-refractivity contribution in [3.8, 4) is 11.5 Å². The lowest BCUT2D eigenvalue weighted by Gasteiger charge is -2.10. The standard InChI is InChI=1S/C28H25F3N2O7/c29-25(30)26(31)39-22-9-5-18(6-10-22)28(36)40-23-7-2-17(3-8-23)4-11-24(34)37-12-1-13-38-27(35)19-14-20(32)16-21(33)15-19/h2-11,14-16,25-26H,1,12-13,32-33H2/b11-4+. The summed E-state index contributed by atoms with van der Waals surface area (Å²) in [5, 5.41) is 0. The summed E-state index contributed by atoms with van der Waals surface area (Å²) in [5.74, 6) is -1.88. The van der Waals surface area contributed by atoms with E-state index in [0.29, 0.717) is 16.9 Å². The first kappa shape index (κ1) is 29.6. The van der Waals surface area contributed by atoms with Crippen LogP contribution in [0.25, 0.3) is 6.08 Å². The molecule has 12 heteroatoms. The van der Waals surface area contributed by atoms with Crippen LogP contribution in [0.1, 0.15) is 32.7 Å². The third-order valence-corrected chi connectivity index (χ3v) is 5.02. The van der Waals surface area contributed by atoms with E-state index < -0.39 is 30.7 Å². The van der Waals surface area contributed by atoms with Gasteiger partial charge in [-0.2, -0.15) is 4.39 Å². The van der Waals surface area contributed by atoms with Gasteiger partial charge in [-0.05, 0) is 66.2 Å². The molecule has 4 N–H and O–H groups in total. The highest BCUT2D eigenvalue weighted by molar-refractivity contribution is 5.92. The van der Waals surface area contributed by atoms with Crippen molar-refractivity contribution in [2.45, 2.75) is 19.2 Å². The number of ether oxygens (including phenoxy) is 4.